The molecule has 0 aliphatic carbocycles. The lowest BCUT2D eigenvalue weighted by atomic mass is 9.87. The van der Waals surface area contributed by atoms with E-state index in [4.69, 9.17) is 14.2 Å². The molecule has 3 aliphatic heterocycles. The van der Waals surface area contributed by atoms with Crippen LogP contribution in [0.4, 0.5) is 0 Å². The second-order valence-electron chi connectivity index (χ2n) is 8.95. The molecule has 0 radical (unpaired) electrons. The molecule has 1 atom stereocenters. The van der Waals surface area contributed by atoms with E-state index in [1.807, 2.05) is 35.2 Å². The highest BCUT2D eigenvalue weighted by Gasteiger charge is 2.37. The topological polar surface area (TPSA) is 97.4 Å². The molecule has 2 aromatic carbocycles. The largest absolute Gasteiger partial charge is 0.454 e. The summed E-state index contributed by atoms with van der Waals surface area (Å²) in [4.78, 5) is 43.1. The van der Waals surface area contributed by atoms with Gasteiger partial charge in [0.25, 0.3) is 11.8 Å². The minimum Gasteiger partial charge on any atom is -0.454 e. The van der Waals surface area contributed by atoms with Gasteiger partial charge in [0.2, 0.25) is 12.7 Å². The molecule has 0 bridgehead atoms. The molecule has 0 aromatic heterocycles. The molecule has 0 unspecified atom stereocenters. The molecule has 35 heavy (non-hydrogen) atoms. The molecule has 0 saturated carbocycles. The van der Waals surface area contributed by atoms with Crippen LogP contribution in [-0.4, -0.2) is 79.7 Å². The van der Waals surface area contributed by atoms with Gasteiger partial charge in [-0.25, -0.2) is 0 Å². The van der Waals surface area contributed by atoms with Crippen LogP contribution in [0.2, 0.25) is 0 Å². The van der Waals surface area contributed by atoms with E-state index in [0.29, 0.717) is 74.9 Å². The highest BCUT2D eigenvalue weighted by molar-refractivity contribution is 5.98. The maximum absolute atomic E-state index is 13.5. The third-order valence-corrected chi connectivity index (χ3v) is 6.83. The van der Waals surface area contributed by atoms with Crippen molar-refractivity contribution in [3.05, 3.63) is 59.7 Å². The summed E-state index contributed by atoms with van der Waals surface area (Å²) in [5.74, 6) is 0.583. The first-order valence-corrected chi connectivity index (χ1v) is 12.0. The van der Waals surface area contributed by atoms with Crippen LogP contribution in [0, 0.1) is 5.92 Å². The van der Waals surface area contributed by atoms with Crippen molar-refractivity contribution in [2.75, 3.05) is 46.2 Å². The van der Waals surface area contributed by atoms with E-state index in [9.17, 15) is 14.4 Å². The Balaban J connectivity index is 1.29. The molecule has 2 saturated heterocycles. The fourth-order valence-corrected chi connectivity index (χ4v) is 4.82. The molecule has 2 fully saturated rings. The van der Waals surface area contributed by atoms with Gasteiger partial charge in [0, 0.05) is 37.3 Å². The number of nitrogens with zero attached hydrogens (tertiary/aromatic N) is 2. The first kappa shape index (κ1) is 23.2. The Morgan fingerprint density at radius 2 is 1.54 bits per heavy atom. The molecule has 5 rings (SSSR count). The standard InChI is InChI=1S/C26H29N3O6/c30-24(20-6-7-21-22(16-20)35-17-34-21)27-23(26(32)29-12-14-33-15-13-29)18-8-10-28(11-9-18)25(31)19-4-2-1-3-5-19/h1-7,16,18,23H,8-15,17H2,(H,27,30)/t23-/m1/s1. The van der Waals surface area contributed by atoms with Gasteiger partial charge in [0.15, 0.2) is 11.5 Å². The number of amides is 3. The number of hydrogen-bond donors (Lipinski definition) is 1. The summed E-state index contributed by atoms with van der Waals surface area (Å²) in [5.41, 5.74) is 1.06. The fourth-order valence-electron chi connectivity index (χ4n) is 4.82. The Labute approximate surface area is 203 Å². The lowest BCUT2D eigenvalue weighted by Gasteiger charge is -2.38. The summed E-state index contributed by atoms with van der Waals surface area (Å²) in [6.07, 6.45) is 1.25. The molecule has 3 aliphatic rings. The minimum absolute atomic E-state index is 0.00972. The minimum atomic E-state index is -0.681. The van der Waals surface area contributed by atoms with Gasteiger partial charge >= 0.3 is 0 Å². The van der Waals surface area contributed by atoms with Crippen molar-refractivity contribution in [3.63, 3.8) is 0 Å². The molecule has 1 N–H and O–H groups in total. The summed E-state index contributed by atoms with van der Waals surface area (Å²) in [6, 6.07) is 13.5. The number of carbonyl (C=O) groups excluding carboxylic acids is 3. The zero-order valence-corrected chi connectivity index (χ0v) is 19.5. The number of likely N-dealkylation sites (tertiary alicyclic amines) is 1. The second kappa shape index (κ2) is 10.4. The number of nitrogens with one attached hydrogen (secondary N) is 1. The lowest BCUT2D eigenvalue weighted by Crippen LogP contribution is -2.56. The average Bonchev–Trinajstić information content (AvgIpc) is 3.40. The molecule has 3 heterocycles. The normalized spacial score (nSPS) is 18.7. The first-order valence-electron chi connectivity index (χ1n) is 12.0. The molecular formula is C26H29N3O6. The van der Waals surface area contributed by atoms with E-state index in [0.717, 1.165) is 0 Å². The molecule has 9 nitrogen and oxygen atoms in total. The van der Waals surface area contributed by atoms with Gasteiger partial charge in [0.1, 0.15) is 6.04 Å². The zero-order chi connectivity index (χ0) is 24.2. The highest BCUT2D eigenvalue weighted by atomic mass is 16.7. The Hall–Kier alpha value is -3.59. The fraction of sp³-hybridized carbons (Fsp3) is 0.423. The molecule has 9 heteroatoms. The average molecular weight is 480 g/mol. The number of morpholine rings is 1. The summed E-state index contributed by atoms with van der Waals surface area (Å²) in [6.45, 7) is 3.16. The smallest absolute Gasteiger partial charge is 0.253 e. The Kier molecular flexibility index (Phi) is 6.85. The van der Waals surface area contributed by atoms with E-state index in [-0.39, 0.29) is 30.4 Å². The van der Waals surface area contributed by atoms with E-state index in [2.05, 4.69) is 5.32 Å². The van der Waals surface area contributed by atoms with E-state index in [1.165, 1.54) is 0 Å². The Bertz CT molecular complexity index is 1080. The van der Waals surface area contributed by atoms with Crippen molar-refractivity contribution in [1.29, 1.82) is 0 Å². The molecule has 0 spiro atoms. The zero-order valence-electron chi connectivity index (χ0n) is 19.5. The van der Waals surface area contributed by atoms with Crippen LogP contribution in [0.5, 0.6) is 11.5 Å². The van der Waals surface area contributed by atoms with Crippen LogP contribution in [-0.2, 0) is 9.53 Å². The summed E-state index contributed by atoms with van der Waals surface area (Å²) < 4.78 is 16.1. The van der Waals surface area contributed by atoms with Gasteiger partial charge in [-0.2, -0.15) is 0 Å². The number of carbonyl (C=O) groups is 3. The van der Waals surface area contributed by atoms with Crippen LogP contribution in [0.3, 0.4) is 0 Å². The quantitative estimate of drug-likeness (QED) is 0.704. The maximum atomic E-state index is 13.5. The van der Waals surface area contributed by atoms with Gasteiger partial charge in [-0.05, 0) is 49.1 Å². The lowest BCUT2D eigenvalue weighted by molar-refractivity contribution is -0.139. The van der Waals surface area contributed by atoms with Crippen molar-refractivity contribution in [3.8, 4) is 11.5 Å². The van der Waals surface area contributed by atoms with Crippen LogP contribution < -0.4 is 14.8 Å². The number of piperidine rings is 1. The van der Waals surface area contributed by atoms with Crippen molar-refractivity contribution in [2.24, 2.45) is 5.92 Å². The third-order valence-electron chi connectivity index (χ3n) is 6.83. The van der Waals surface area contributed by atoms with Crippen LogP contribution in [0.25, 0.3) is 0 Å². The van der Waals surface area contributed by atoms with E-state index < -0.39 is 6.04 Å². The van der Waals surface area contributed by atoms with Crippen molar-refractivity contribution < 1.29 is 28.6 Å². The molecular weight excluding hydrogens is 450 g/mol. The number of benzene rings is 2. The van der Waals surface area contributed by atoms with Gasteiger partial charge < -0.3 is 29.3 Å². The second-order valence-corrected chi connectivity index (χ2v) is 8.95. The number of fused-ring (bicyclic) bond motifs is 1. The van der Waals surface area contributed by atoms with E-state index in [1.54, 1.807) is 23.1 Å². The Morgan fingerprint density at radius 1 is 0.829 bits per heavy atom. The van der Waals surface area contributed by atoms with Gasteiger partial charge in [0.05, 0.1) is 13.2 Å². The SMILES string of the molecule is O=C(N[C@@H](C(=O)N1CCOCC1)C1CCN(C(=O)c2ccccc2)CC1)c1ccc2c(c1)OCO2. The molecule has 2 aromatic rings. The van der Waals surface area contributed by atoms with Gasteiger partial charge in [-0.1, -0.05) is 18.2 Å². The predicted molar refractivity (Wildman–Crippen MR) is 126 cm³/mol. The summed E-state index contributed by atoms with van der Waals surface area (Å²) >= 11 is 0. The van der Waals surface area contributed by atoms with Crippen molar-refractivity contribution in [1.82, 2.24) is 15.1 Å². The summed E-state index contributed by atoms with van der Waals surface area (Å²) in [7, 11) is 0. The number of rotatable bonds is 5. The monoisotopic (exact) mass is 479 g/mol. The molecule has 3 amide bonds. The first-order chi connectivity index (χ1) is 17.1. The highest BCUT2D eigenvalue weighted by Crippen LogP contribution is 2.32. The predicted octanol–water partition coefficient (Wildman–Crippen LogP) is 1.92. The van der Waals surface area contributed by atoms with Crippen molar-refractivity contribution >= 4 is 17.7 Å². The van der Waals surface area contributed by atoms with Gasteiger partial charge in [-0.15, -0.1) is 0 Å². The number of ether oxygens (including phenoxy) is 3. The van der Waals surface area contributed by atoms with Crippen LogP contribution >= 0.6 is 0 Å². The van der Waals surface area contributed by atoms with Crippen LogP contribution in [0.15, 0.2) is 48.5 Å². The maximum Gasteiger partial charge on any atom is 0.253 e. The van der Waals surface area contributed by atoms with Crippen LogP contribution in [0.1, 0.15) is 33.6 Å². The Morgan fingerprint density at radius 3 is 2.29 bits per heavy atom. The number of hydrogen-bond acceptors (Lipinski definition) is 6. The third kappa shape index (κ3) is 5.09. The van der Waals surface area contributed by atoms with E-state index >= 15 is 0 Å². The summed E-state index contributed by atoms with van der Waals surface area (Å²) in [5, 5.41) is 3.00. The molecule has 184 valence electrons. The van der Waals surface area contributed by atoms with Gasteiger partial charge in [-0.3, -0.25) is 14.4 Å². The van der Waals surface area contributed by atoms with Crippen molar-refractivity contribution in [2.45, 2.75) is 18.9 Å².